The van der Waals surface area contributed by atoms with E-state index in [2.05, 4.69) is 0 Å². The number of amides is 2. The van der Waals surface area contributed by atoms with E-state index >= 15 is 0 Å². The van der Waals surface area contributed by atoms with Crippen LogP contribution in [-0.2, 0) is 17.9 Å². The third-order valence-corrected chi connectivity index (χ3v) is 6.98. The molecule has 1 aliphatic heterocycles. The standard InChI is InChI=1S/C26H20Cl2N2O6S/c1-2-35-23-12-16(8-10-22(23)36-15-17-7-9-19(27)20(28)11-17)13-24-25(31)29(26(32)37-24)14-18-5-3-4-6-21(18)30(33)34/h3-13H,2,14-15H2,1H3/b24-13+. The molecule has 0 spiro atoms. The molecule has 1 saturated heterocycles. The molecule has 3 aromatic carbocycles. The van der Waals surface area contributed by atoms with Crippen molar-refractivity contribution in [3.63, 3.8) is 0 Å². The molecule has 1 fully saturated rings. The molecule has 0 N–H and O–H groups in total. The van der Waals surface area contributed by atoms with Crippen molar-refractivity contribution in [1.82, 2.24) is 4.90 Å². The predicted molar refractivity (Wildman–Crippen MR) is 143 cm³/mol. The summed E-state index contributed by atoms with van der Waals surface area (Å²) >= 11 is 12.8. The van der Waals surface area contributed by atoms with Gasteiger partial charge in [0.15, 0.2) is 11.5 Å². The number of hydrogen-bond acceptors (Lipinski definition) is 7. The van der Waals surface area contributed by atoms with E-state index in [1.807, 2.05) is 13.0 Å². The van der Waals surface area contributed by atoms with Crippen molar-refractivity contribution >= 4 is 57.9 Å². The Labute approximate surface area is 226 Å². The largest absolute Gasteiger partial charge is 0.490 e. The summed E-state index contributed by atoms with van der Waals surface area (Å²) in [5.41, 5.74) is 1.58. The maximum atomic E-state index is 13.0. The number of para-hydroxylation sites is 1. The van der Waals surface area contributed by atoms with Gasteiger partial charge in [0.1, 0.15) is 6.61 Å². The van der Waals surface area contributed by atoms with Gasteiger partial charge in [0.2, 0.25) is 0 Å². The van der Waals surface area contributed by atoms with Gasteiger partial charge in [-0.15, -0.1) is 0 Å². The molecule has 0 bridgehead atoms. The zero-order valence-corrected chi connectivity index (χ0v) is 21.8. The molecule has 0 unspecified atom stereocenters. The molecule has 1 heterocycles. The Morgan fingerprint density at radius 3 is 2.51 bits per heavy atom. The monoisotopic (exact) mass is 558 g/mol. The maximum Gasteiger partial charge on any atom is 0.293 e. The quantitative estimate of drug-likeness (QED) is 0.156. The Kier molecular flexibility index (Phi) is 8.38. The first-order valence-electron chi connectivity index (χ1n) is 11.1. The molecule has 0 aliphatic carbocycles. The molecule has 4 rings (SSSR count). The lowest BCUT2D eigenvalue weighted by atomic mass is 10.1. The van der Waals surface area contributed by atoms with Gasteiger partial charge in [0.25, 0.3) is 16.8 Å². The molecule has 37 heavy (non-hydrogen) atoms. The van der Waals surface area contributed by atoms with Crippen LogP contribution in [0.15, 0.2) is 65.6 Å². The maximum absolute atomic E-state index is 13.0. The summed E-state index contributed by atoms with van der Waals surface area (Å²) in [5, 5.41) is 11.7. The van der Waals surface area contributed by atoms with Crippen molar-refractivity contribution in [2.24, 2.45) is 0 Å². The highest BCUT2D eigenvalue weighted by Crippen LogP contribution is 2.36. The number of nitro benzene ring substituents is 1. The molecule has 11 heteroatoms. The lowest BCUT2D eigenvalue weighted by molar-refractivity contribution is -0.385. The molecule has 0 atom stereocenters. The van der Waals surface area contributed by atoms with Crippen LogP contribution < -0.4 is 9.47 Å². The van der Waals surface area contributed by atoms with Gasteiger partial charge in [-0.05, 0) is 60.2 Å². The molecule has 3 aromatic rings. The number of rotatable bonds is 9. The lowest BCUT2D eigenvalue weighted by Crippen LogP contribution is -2.27. The van der Waals surface area contributed by atoms with Crippen LogP contribution in [0.4, 0.5) is 10.5 Å². The van der Waals surface area contributed by atoms with Gasteiger partial charge >= 0.3 is 0 Å². The van der Waals surface area contributed by atoms with E-state index in [1.54, 1.807) is 42.5 Å². The fourth-order valence-electron chi connectivity index (χ4n) is 3.57. The zero-order chi connectivity index (χ0) is 26.5. The van der Waals surface area contributed by atoms with E-state index in [-0.39, 0.29) is 29.3 Å². The van der Waals surface area contributed by atoms with Crippen LogP contribution in [0.2, 0.25) is 10.0 Å². The highest BCUT2D eigenvalue weighted by molar-refractivity contribution is 8.18. The number of hydrogen-bond donors (Lipinski definition) is 0. The number of nitrogens with zero attached hydrogens (tertiary/aromatic N) is 2. The van der Waals surface area contributed by atoms with Crippen molar-refractivity contribution in [2.45, 2.75) is 20.1 Å². The second-order valence-electron chi connectivity index (χ2n) is 7.83. The Hall–Kier alpha value is -3.53. The van der Waals surface area contributed by atoms with Gasteiger partial charge in [-0.25, -0.2) is 0 Å². The van der Waals surface area contributed by atoms with E-state index in [9.17, 15) is 19.7 Å². The Bertz CT molecular complexity index is 1410. The minimum absolute atomic E-state index is 0.150. The fraction of sp³-hybridized carbons (Fsp3) is 0.154. The third-order valence-electron chi connectivity index (χ3n) is 5.33. The third kappa shape index (κ3) is 6.25. The Morgan fingerprint density at radius 2 is 1.78 bits per heavy atom. The summed E-state index contributed by atoms with van der Waals surface area (Å²) in [4.78, 5) is 37.5. The van der Waals surface area contributed by atoms with Crippen LogP contribution in [0.5, 0.6) is 11.5 Å². The van der Waals surface area contributed by atoms with E-state index in [0.29, 0.717) is 33.7 Å². The van der Waals surface area contributed by atoms with Crippen LogP contribution in [0.25, 0.3) is 6.08 Å². The average molecular weight is 559 g/mol. The molecule has 0 aromatic heterocycles. The van der Waals surface area contributed by atoms with Crippen LogP contribution in [0.3, 0.4) is 0 Å². The van der Waals surface area contributed by atoms with E-state index < -0.39 is 16.1 Å². The van der Waals surface area contributed by atoms with Gasteiger partial charge < -0.3 is 9.47 Å². The summed E-state index contributed by atoms with van der Waals surface area (Å²) in [7, 11) is 0. The molecule has 0 saturated carbocycles. The smallest absolute Gasteiger partial charge is 0.293 e. The summed E-state index contributed by atoms with van der Waals surface area (Å²) in [6, 6.07) is 16.4. The van der Waals surface area contributed by atoms with Gasteiger partial charge in [-0.2, -0.15) is 0 Å². The number of benzene rings is 3. The van der Waals surface area contributed by atoms with Gasteiger partial charge in [-0.3, -0.25) is 24.6 Å². The van der Waals surface area contributed by atoms with E-state index in [4.69, 9.17) is 32.7 Å². The number of carbonyl (C=O) groups is 2. The Balaban J connectivity index is 1.52. The number of carbonyl (C=O) groups excluding carboxylic acids is 2. The summed E-state index contributed by atoms with van der Waals surface area (Å²) in [6.07, 6.45) is 1.58. The van der Waals surface area contributed by atoms with E-state index in [1.165, 1.54) is 18.2 Å². The predicted octanol–water partition coefficient (Wildman–Crippen LogP) is 7.12. The SMILES string of the molecule is CCOc1cc(/C=C2/SC(=O)N(Cc3ccccc3[N+](=O)[O-])C2=O)ccc1OCc1ccc(Cl)c(Cl)c1. The number of halogens is 2. The highest BCUT2D eigenvalue weighted by atomic mass is 35.5. The first-order chi connectivity index (χ1) is 17.8. The minimum atomic E-state index is -0.537. The lowest BCUT2D eigenvalue weighted by Gasteiger charge is -2.13. The normalized spacial score (nSPS) is 14.4. The molecule has 1 aliphatic rings. The van der Waals surface area contributed by atoms with Crippen LogP contribution in [0, 0.1) is 10.1 Å². The number of imide groups is 1. The molecular weight excluding hydrogens is 539 g/mol. The molecule has 0 radical (unpaired) electrons. The molecule has 2 amide bonds. The number of nitro groups is 1. The topological polar surface area (TPSA) is 99.0 Å². The number of ether oxygens (including phenoxy) is 2. The first-order valence-corrected chi connectivity index (χ1v) is 12.6. The van der Waals surface area contributed by atoms with Crippen molar-refractivity contribution < 1.29 is 24.0 Å². The van der Waals surface area contributed by atoms with Crippen LogP contribution in [-0.4, -0.2) is 27.6 Å². The minimum Gasteiger partial charge on any atom is -0.490 e. The zero-order valence-electron chi connectivity index (χ0n) is 19.5. The molecular formula is C26H20Cl2N2O6S. The van der Waals surface area contributed by atoms with Crippen molar-refractivity contribution in [3.8, 4) is 11.5 Å². The van der Waals surface area contributed by atoms with Crippen LogP contribution >= 0.6 is 35.0 Å². The average Bonchev–Trinajstić information content (AvgIpc) is 3.13. The number of thioether (sulfide) groups is 1. The highest BCUT2D eigenvalue weighted by Gasteiger charge is 2.36. The van der Waals surface area contributed by atoms with Gasteiger partial charge in [-0.1, -0.05) is 53.5 Å². The van der Waals surface area contributed by atoms with Crippen molar-refractivity contribution in [3.05, 3.63) is 102 Å². The van der Waals surface area contributed by atoms with Crippen LogP contribution in [0.1, 0.15) is 23.6 Å². The molecule has 190 valence electrons. The van der Waals surface area contributed by atoms with E-state index in [0.717, 1.165) is 22.2 Å². The second-order valence-corrected chi connectivity index (χ2v) is 9.64. The van der Waals surface area contributed by atoms with Crippen molar-refractivity contribution in [1.29, 1.82) is 0 Å². The second kappa shape index (κ2) is 11.7. The van der Waals surface area contributed by atoms with Gasteiger partial charge in [0.05, 0.1) is 33.0 Å². The summed E-state index contributed by atoms with van der Waals surface area (Å²) in [6.45, 7) is 2.27. The van der Waals surface area contributed by atoms with Gasteiger partial charge in [0, 0.05) is 11.6 Å². The first kappa shape index (κ1) is 26.5. The summed E-state index contributed by atoms with van der Waals surface area (Å²) < 4.78 is 11.6. The summed E-state index contributed by atoms with van der Waals surface area (Å²) in [5.74, 6) is 0.441. The van der Waals surface area contributed by atoms with Crippen molar-refractivity contribution in [2.75, 3.05) is 6.61 Å². The Morgan fingerprint density at radius 1 is 1.00 bits per heavy atom. The molecule has 8 nitrogen and oxygen atoms in total. The fourth-order valence-corrected chi connectivity index (χ4v) is 4.73.